The van der Waals surface area contributed by atoms with Gasteiger partial charge in [0, 0.05) is 35.5 Å². The molecule has 0 atom stereocenters. The van der Waals surface area contributed by atoms with E-state index < -0.39 is 0 Å². The molecule has 4 aromatic rings. The molecule has 0 aliphatic heterocycles. The van der Waals surface area contributed by atoms with E-state index in [2.05, 4.69) is 45.9 Å². The van der Waals surface area contributed by atoms with Gasteiger partial charge in [-0.3, -0.25) is 15.1 Å². The first-order chi connectivity index (χ1) is 16.0. The first kappa shape index (κ1) is 25.4. The summed E-state index contributed by atoms with van der Waals surface area (Å²) in [4.78, 5) is 30.0. The molecule has 0 unspecified atom stereocenters. The van der Waals surface area contributed by atoms with E-state index in [9.17, 15) is 9.59 Å². The maximum atomic E-state index is 11.4. The summed E-state index contributed by atoms with van der Waals surface area (Å²) in [6.07, 6.45) is 12.9. The van der Waals surface area contributed by atoms with Gasteiger partial charge in [0.1, 0.15) is 0 Å². The Morgan fingerprint density at radius 1 is 0.939 bits per heavy atom. The van der Waals surface area contributed by atoms with Crippen LogP contribution in [0, 0.1) is 0 Å². The molecular formula is C22H23BrN6O4. The van der Waals surface area contributed by atoms with E-state index >= 15 is 0 Å². The van der Waals surface area contributed by atoms with Gasteiger partial charge in [-0.05, 0) is 54.0 Å². The molecule has 0 fully saturated rings. The second-order valence-corrected chi connectivity index (χ2v) is 6.90. The van der Waals surface area contributed by atoms with Crippen LogP contribution in [0.15, 0.2) is 78.3 Å². The van der Waals surface area contributed by atoms with Crippen LogP contribution in [0.5, 0.6) is 0 Å². The van der Waals surface area contributed by atoms with Gasteiger partial charge in [-0.1, -0.05) is 0 Å². The van der Waals surface area contributed by atoms with Crippen molar-refractivity contribution in [1.29, 1.82) is 0 Å². The van der Waals surface area contributed by atoms with Crippen molar-refractivity contribution in [2.75, 3.05) is 13.2 Å². The number of halogens is 1. The Morgan fingerprint density at radius 3 is 2.09 bits per heavy atom. The number of hydrogen-bond acceptors (Lipinski definition) is 8. The summed E-state index contributed by atoms with van der Waals surface area (Å²) in [5, 5.41) is 10.2. The molecule has 0 aliphatic carbocycles. The van der Waals surface area contributed by atoms with Gasteiger partial charge in [0.2, 0.25) is 0 Å². The minimum Gasteiger partial charge on any atom is -0.462 e. The van der Waals surface area contributed by atoms with Crippen molar-refractivity contribution in [3.63, 3.8) is 0 Å². The molecule has 4 aromatic heterocycles. The molecule has 0 aromatic carbocycles. The van der Waals surface area contributed by atoms with Crippen molar-refractivity contribution < 1.29 is 19.1 Å². The third-order valence-corrected chi connectivity index (χ3v) is 4.11. The van der Waals surface area contributed by atoms with E-state index in [0.717, 1.165) is 10.2 Å². The number of carbonyl (C=O) groups excluding carboxylic acids is 2. The Bertz CT molecular complexity index is 1090. The largest absolute Gasteiger partial charge is 0.462 e. The summed E-state index contributed by atoms with van der Waals surface area (Å²) in [5.41, 5.74) is 1.70. The molecule has 33 heavy (non-hydrogen) atoms. The van der Waals surface area contributed by atoms with Crippen LogP contribution in [0.4, 0.5) is 0 Å². The van der Waals surface area contributed by atoms with Crippen molar-refractivity contribution in [3.05, 3.63) is 89.4 Å². The number of aromatic amines is 1. The molecule has 0 radical (unpaired) electrons. The Balaban J connectivity index is 0.000000193. The quantitative estimate of drug-likeness (QED) is 0.397. The molecule has 0 saturated carbocycles. The monoisotopic (exact) mass is 514 g/mol. The van der Waals surface area contributed by atoms with Gasteiger partial charge in [0.25, 0.3) is 0 Å². The van der Waals surface area contributed by atoms with Gasteiger partial charge in [0.15, 0.2) is 0 Å². The minimum atomic E-state index is -0.363. The fourth-order valence-electron chi connectivity index (χ4n) is 2.19. The molecule has 1 N–H and O–H groups in total. The number of esters is 2. The van der Waals surface area contributed by atoms with Gasteiger partial charge < -0.3 is 9.47 Å². The average Bonchev–Trinajstić information content (AvgIpc) is 3.54. The van der Waals surface area contributed by atoms with Crippen LogP contribution in [-0.4, -0.2) is 55.1 Å². The zero-order chi connectivity index (χ0) is 23.9. The number of carbonyl (C=O) groups is 2. The highest BCUT2D eigenvalue weighted by Gasteiger charge is 2.09. The lowest BCUT2D eigenvalue weighted by Gasteiger charge is -1.98. The lowest BCUT2D eigenvalue weighted by Crippen LogP contribution is -2.03. The fourth-order valence-corrected chi connectivity index (χ4v) is 2.46. The van der Waals surface area contributed by atoms with Crippen LogP contribution in [0.25, 0.3) is 5.69 Å². The number of pyridine rings is 2. The summed E-state index contributed by atoms with van der Waals surface area (Å²) < 4.78 is 12.2. The number of aromatic nitrogens is 6. The Kier molecular flexibility index (Phi) is 11.0. The van der Waals surface area contributed by atoms with Crippen LogP contribution in [-0.2, 0) is 9.47 Å². The third kappa shape index (κ3) is 9.03. The smallest absolute Gasteiger partial charge is 0.341 e. The van der Waals surface area contributed by atoms with Crippen molar-refractivity contribution in [2.45, 2.75) is 13.8 Å². The normalized spacial score (nSPS) is 9.55. The third-order valence-electron chi connectivity index (χ3n) is 3.64. The number of ether oxygens (including phenoxy) is 2. The predicted molar refractivity (Wildman–Crippen MR) is 124 cm³/mol. The standard InChI is InChI=1S/C11H11N3O2.C6H8N2O2.C5H4BrN/c1-2-16-11(15)9-6-13-14(8-9)10-4-3-5-12-7-10;1-2-10-6(9)5-3-7-8-4-5;6-5-2-1-3-7-4-5/h3-8H,2H2,1H3;3-4H,2H2,1H3,(H,7,8);1-4H. The van der Waals surface area contributed by atoms with Crippen molar-refractivity contribution in [1.82, 2.24) is 29.9 Å². The van der Waals surface area contributed by atoms with E-state index in [4.69, 9.17) is 4.74 Å². The van der Waals surface area contributed by atoms with Crippen LogP contribution in [0.3, 0.4) is 0 Å². The van der Waals surface area contributed by atoms with Crippen LogP contribution >= 0.6 is 15.9 Å². The zero-order valence-corrected chi connectivity index (χ0v) is 19.7. The Morgan fingerprint density at radius 2 is 1.61 bits per heavy atom. The van der Waals surface area contributed by atoms with E-state index in [1.807, 2.05) is 18.2 Å². The van der Waals surface area contributed by atoms with E-state index in [1.165, 1.54) is 18.6 Å². The molecule has 0 saturated heterocycles. The predicted octanol–water partition coefficient (Wildman–Crippen LogP) is 3.87. The molecule has 4 rings (SSSR count). The van der Waals surface area contributed by atoms with Gasteiger partial charge in [-0.2, -0.15) is 10.2 Å². The van der Waals surface area contributed by atoms with Crippen molar-refractivity contribution in [3.8, 4) is 5.69 Å². The summed E-state index contributed by atoms with van der Waals surface area (Å²) in [7, 11) is 0. The van der Waals surface area contributed by atoms with Crippen molar-refractivity contribution in [2.24, 2.45) is 0 Å². The van der Waals surface area contributed by atoms with E-state index in [-0.39, 0.29) is 11.9 Å². The minimum absolute atomic E-state index is 0.337. The van der Waals surface area contributed by atoms with Gasteiger partial charge in [-0.15, -0.1) is 0 Å². The molecule has 10 nitrogen and oxygen atoms in total. The van der Waals surface area contributed by atoms with Crippen LogP contribution in [0.2, 0.25) is 0 Å². The van der Waals surface area contributed by atoms with Gasteiger partial charge >= 0.3 is 11.9 Å². The molecule has 0 spiro atoms. The highest BCUT2D eigenvalue weighted by molar-refractivity contribution is 9.10. The number of hydrogen-bond donors (Lipinski definition) is 1. The molecule has 4 heterocycles. The first-order valence-electron chi connectivity index (χ1n) is 9.88. The highest BCUT2D eigenvalue weighted by Crippen LogP contribution is 2.07. The Hall–Kier alpha value is -3.86. The SMILES string of the molecule is Brc1cccnc1.CCOC(=O)c1cn[nH]c1.CCOC(=O)c1cnn(-c2cccnc2)c1. The lowest BCUT2D eigenvalue weighted by molar-refractivity contribution is 0.0516. The Labute approximate surface area is 199 Å². The van der Waals surface area contributed by atoms with Crippen molar-refractivity contribution >= 4 is 27.9 Å². The maximum absolute atomic E-state index is 11.4. The number of nitrogens with zero attached hydrogens (tertiary/aromatic N) is 5. The van der Waals surface area contributed by atoms with E-state index in [1.54, 1.807) is 55.6 Å². The second-order valence-electron chi connectivity index (χ2n) is 5.98. The molecule has 172 valence electrons. The van der Waals surface area contributed by atoms with Crippen LogP contribution < -0.4 is 0 Å². The van der Waals surface area contributed by atoms with Gasteiger partial charge in [-0.25, -0.2) is 14.3 Å². The van der Waals surface area contributed by atoms with E-state index in [0.29, 0.717) is 24.3 Å². The molecule has 11 heteroatoms. The molecule has 0 aliphatic rings. The summed E-state index contributed by atoms with van der Waals surface area (Å²) in [6.45, 7) is 4.28. The zero-order valence-electron chi connectivity index (χ0n) is 18.1. The molecular weight excluding hydrogens is 492 g/mol. The fraction of sp³-hybridized carbons (Fsp3) is 0.182. The number of nitrogens with one attached hydrogen (secondary N) is 1. The van der Waals surface area contributed by atoms with Crippen LogP contribution in [0.1, 0.15) is 34.6 Å². The lowest BCUT2D eigenvalue weighted by atomic mass is 10.4. The molecule has 0 bridgehead atoms. The van der Waals surface area contributed by atoms with Gasteiger partial charge in [0.05, 0.1) is 48.6 Å². The number of H-pyrrole nitrogens is 1. The first-order valence-corrected chi connectivity index (χ1v) is 10.7. The average molecular weight is 515 g/mol. The summed E-state index contributed by atoms with van der Waals surface area (Å²) in [6, 6.07) is 7.48. The number of rotatable bonds is 5. The molecule has 0 amide bonds. The topological polar surface area (TPSA) is 125 Å². The second kappa shape index (κ2) is 14.2. The maximum Gasteiger partial charge on any atom is 0.341 e. The summed E-state index contributed by atoms with van der Waals surface area (Å²) >= 11 is 3.25. The summed E-state index contributed by atoms with van der Waals surface area (Å²) in [5.74, 6) is -0.700. The highest BCUT2D eigenvalue weighted by atomic mass is 79.9.